The molecule has 1 aromatic carbocycles. The SMILES string of the molecule is COc1ccc(Cl)cc1C(=O)N=c1sc(C(C)(C)C)cn1CCC(C)C. The van der Waals surface area contributed by atoms with E-state index in [2.05, 4.69) is 50.4 Å². The summed E-state index contributed by atoms with van der Waals surface area (Å²) in [4.78, 5) is 19.1. The molecule has 1 amide bonds. The molecule has 0 aliphatic carbocycles. The lowest BCUT2D eigenvalue weighted by Gasteiger charge is -2.14. The van der Waals surface area contributed by atoms with Crippen molar-refractivity contribution in [2.45, 2.75) is 53.0 Å². The van der Waals surface area contributed by atoms with E-state index in [9.17, 15) is 4.79 Å². The lowest BCUT2D eigenvalue weighted by molar-refractivity contribution is 0.0995. The van der Waals surface area contributed by atoms with E-state index in [1.807, 2.05) is 0 Å². The fourth-order valence-electron chi connectivity index (χ4n) is 2.37. The minimum atomic E-state index is -0.343. The number of hydrogen-bond donors (Lipinski definition) is 0. The van der Waals surface area contributed by atoms with E-state index in [-0.39, 0.29) is 11.3 Å². The molecule has 0 radical (unpaired) electrons. The van der Waals surface area contributed by atoms with Gasteiger partial charge in [0.05, 0.1) is 12.7 Å². The summed E-state index contributed by atoms with van der Waals surface area (Å²) in [6, 6.07) is 4.98. The van der Waals surface area contributed by atoms with Crippen molar-refractivity contribution in [1.82, 2.24) is 4.57 Å². The first-order chi connectivity index (χ1) is 12.1. The first-order valence-electron chi connectivity index (χ1n) is 8.75. The van der Waals surface area contributed by atoms with Gasteiger partial charge in [0.1, 0.15) is 5.75 Å². The highest BCUT2D eigenvalue weighted by Crippen LogP contribution is 2.26. The minimum absolute atomic E-state index is 0.00874. The Balaban J connectivity index is 2.49. The van der Waals surface area contributed by atoms with Crippen LogP contribution in [0.2, 0.25) is 5.02 Å². The molecule has 0 bridgehead atoms. The van der Waals surface area contributed by atoms with Gasteiger partial charge in [0.15, 0.2) is 4.80 Å². The van der Waals surface area contributed by atoms with Crippen molar-refractivity contribution in [2.75, 3.05) is 7.11 Å². The number of carbonyl (C=O) groups is 1. The number of methoxy groups -OCH3 is 1. The smallest absolute Gasteiger partial charge is 0.283 e. The van der Waals surface area contributed by atoms with E-state index in [1.165, 1.54) is 12.0 Å². The fraction of sp³-hybridized carbons (Fsp3) is 0.500. The van der Waals surface area contributed by atoms with Crippen LogP contribution in [0.4, 0.5) is 0 Å². The molecule has 0 atom stereocenters. The Morgan fingerprint density at radius 3 is 2.62 bits per heavy atom. The number of rotatable bonds is 5. The molecule has 6 heteroatoms. The highest BCUT2D eigenvalue weighted by molar-refractivity contribution is 7.09. The maximum absolute atomic E-state index is 12.8. The quantitative estimate of drug-likeness (QED) is 0.690. The molecule has 142 valence electrons. The molecule has 0 unspecified atom stereocenters. The molecule has 2 aromatic rings. The summed E-state index contributed by atoms with van der Waals surface area (Å²) in [6.45, 7) is 11.7. The van der Waals surface area contributed by atoms with Gasteiger partial charge in [-0.3, -0.25) is 4.79 Å². The summed E-state index contributed by atoms with van der Waals surface area (Å²) in [5, 5.41) is 0.485. The summed E-state index contributed by atoms with van der Waals surface area (Å²) < 4.78 is 7.37. The number of benzene rings is 1. The molecule has 0 saturated carbocycles. The number of nitrogens with zero attached hydrogens (tertiary/aromatic N) is 2. The Morgan fingerprint density at radius 1 is 1.35 bits per heavy atom. The monoisotopic (exact) mass is 394 g/mol. The molecule has 0 aliphatic heterocycles. The third-order valence-corrected chi connectivity index (χ3v) is 5.68. The van der Waals surface area contributed by atoms with Crippen molar-refractivity contribution in [1.29, 1.82) is 0 Å². The second-order valence-electron chi connectivity index (χ2n) is 7.77. The lowest BCUT2D eigenvalue weighted by Crippen LogP contribution is -2.17. The van der Waals surface area contributed by atoms with E-state index in [1.54, 1.807) is 29.5 Å². The largest absolute Gasteiger partial charge is 0.496 e. The van der Waals surface area contributed by atoms with Crippen molar-refractivity contribution in [3.05, 3.63) is 44.7 Å². The van der Waals surface area contributed by atoms with Crippen molar-refractivity contribution in [3.63, 3.8) is 0 Å². The average Bonchev–Trinajstić information content (AvgIpc) is 2.96. The summed E-state index contributed by atoms with van der Waals surface area (Å²) >= 11 is 7.61. The molecule has 26 heavy (non-hydrogen) atoms. The maximum Gasteiger partial charge on any atom is 0.283 e. The van der Waals surface area contributed by atoms with Crippen molar-refractivity contribution < 1.29 is 9.53 Å². The second kappa shape index (κ2) is 8.40. The standard InChI is InChI=1S/C20H27ClN2O2S/c1-13(2)9-10-23-12-17(20(3,4)5)26-19(23)22-18(24)15-11-14(21)7-8-16(15)25-6/h7-8,11-13H,9-10H2,1-6H3. The van der Waals surface area contributed by atoms with Crippen molar-refractivity contribution in [3.8, 4) is 5.75 Å². The minimum Gasteiger partial charge on any atom is -0.496 e. The van der Waals surface area contributed by atoms with Crippen molar-refractivity contribution in [2.24, 2.45) is 10.9 Å². The van der Waals surface area contributed by atoms with E-state index >= 15 is 0 Å². The van der Waals surface area contributed by atoms with Crippen LogP contribution in [0.15, 0.2) is 29.4 Å². The van der Waals surface area contributed by atoms with Crippen molar-refractivity contribution >= 4 is 28.8 Å². The van der Waals surface area contributed by atoms with Crippen LogP contribution in [0.25, 0.3) is 0 Å². The van der Waals surface area contributed by atoms with Crippen LogP contribution in [0.5, 0.6) is 5.75 Å². The van der Waals surface area contributed by atoms with Gasteiger partial charge in [-0.15, -0.1) is 11.3 Å². The number of aromatic nitrogens is 1. The third kappa shape index (κ3) is 5.21. The highest BCUT2D eigenvalue weighted by Gasteiger charge is 2.19. The Labute approximate surface area is 164 Å². The molecule has 0 saturated heterocycles. The third-order valence-electron chi connectivity index (χ3n) is 4.00. The summed E-state index contributed by atoms with van der Waals surface area (Å²) in [5.41, 5.74) is 0.385. The van der Waals surface area contributed by atoms with Crippen LogP contribution in [0, 0.1) is 5.92 Å². The number of carbonyl (C=O) groups excluding carboxylic acids is 1. The zero-order valence-corrected chi connectivity index (χ0v) is 17.9. The van der Waals surface area contributed by atoms with Crippen LogP contribution >= 0.6 is 22.9 Å². The van der Waals surface area contributed by atoms with E-state index in [0.717, 1.165) is 13.0 Å². The molecule has 0 N–H and O–H groups in total. The van der Waals surface area contributed by atoms with Crippen LogP contribution in [0.1, 0.15) is 56.3 Å². The zero-order valence-electron chi connectivity index (χ0n) is 16.3. The van der Waals surface area contributed by atoms with E-state index < -0.39 is 0 Å². The average molecular weight is 395 g/mol. The summed E-state index contributed by atoms with van der Waals surface area (Å²) in [7, 11) is 1.53. The van der Waals surface area contributed by atoms with Crippen LogP contribution in [-0.2, 0) is 12.0 Å². The van der Waals surface area contributed by atoms with Gasteiger partial charge in [0.2, 0.25) is 0 Å². The molecule has 0 aliphatic rings. The second-order valence-corrected chi connectivity index (χ2v) is 9.21. The van der Waals surface area contributed by atoms with Gasteiger partial charge in [-0.05, 0) is 36.0 Å². The van der Waals surface area contributed by atoms with Gasteiger partial charge in [0.25, 0.3) is 5.91 Å². The predicted octanol–water partition coefficient (Wildman–Crippen LogP) is 5.30. The Morgan fingerprint density at radius 2 is 2.04 bits per heavy atom. The van der Waals surface area contributed by atoms with Gasteiger partial charge < -0.3 is 9.30 Å². The van der Waals surface area contributed by atoms with Crippen LogP contribution in [0.3, 0.4) is 0 Å². The first-order valence-corrected chi connectivity index (χ1v) is 9.94. The normalized spacial score (nSPS) is 12.7. The van der Waals surface area contributed by atoms with E-state index in [4.69, 9.17) is 16.3 Å². The number of amides is 1. The molecule has 4 nitrogen and oxygen atoms in total. The van der Waals surface area contributed by atoms with Crippen LogP contribution < -0.4 is 9.54 Å². The molecule has 0 spiro atoms. The maximum atomic E-state index is 12.8. The van der Waals surface area contributed by atoms with Gasteiger partial charge in [-0.2, -0.15) is 4.99 Å². The summed E-state index contributed by atoms with van der Waals surface area (Å²) in [5.74, 6) is 0.714. The van der Waals surface area contributed by atoms with Gasteiger partial charge in [-0.1, -0.05) is 46.2 Å². The Bertz CT molecular complexity index is 844. The van der Waals surface area contributed by atoms with E-state index in [0.29, 0.717) is 27.1 Å². The zero-order chi connectivity index (χ0) is 19.5. The first kappa shape index (κ1) is 20.7. The van der Waals surface area contributed by atoms with Gasteiger partial charge in [-0.25, -0.2) is 0 Å². The van der Waals surface area contributed by atoms with Crippen LogP contribution in [-0.4, -0.2) is 17.6 Å². The predicted molar refractivity (Wildman–Crippen MR) is 108 cm³/mol. The molecule has 0 fully saturated rings. The number of hydrogen-bond acceptors (Lipinski definition) is 3. The highest BCUT2D eigenvalue weighted by atomic mass is 35.5. The number of aryl methyl sites for hydroxylation is 1. The lowest BCUT2D eigenvalue weighted by atomic mass is 9.95. The molecular formula is C20H27ClN2O2S. The molecule has 1 heterocycles. The Kier molecular flexibility index (Phi) is 6.69. The summed E-state index contributed by atoms with van der Waals surface area (Å²) in [6.07, 6.45) is 3.15. The topological polar surface area (TPSA) is 43.6 Å². The number of thiazole rings is 1. The molecular weight excluding hydrogens is 368 g/mol. The van der Waals surface area contributed by atoms with Gasteiger partial charge >= 0.3 is 0 Å². The molecule has 2 rings (SSSR count). The number of halogens is 1. The Hall–Kier alpha value is -1.59. The molecule has 1 aromatic heterocycles. The number of ether oxygens (including phenoxy) is 1. The fourth-order valence-corrected chi connectivity index (χ4v) is 3.61. The van der Waals surface area contributed by atoms with Gasteiger partial charge in [0, 0.05) is 22.6 Å².